The average molecular weight is 219 g/mol. The fourth-order valence-electron chi connectivity index (χ4n) is 1.74. The van der Waals surface area contributed by atoms with Gasteiger partial charge in [0.2, 0.25) is 0 Å². The quantitative estimate of drug-likeness (QED) is 0.788. The smallest absolute Gasteiger partial charge is 0.341 e. The molecule has 0 radical (unpaired) electrons. The molecule has 0 spiro atoms. The number of aryl methyl sites for hydroxylation is 1. The van der Waals surface area contributed by atoms with E-state index < -0.39 is 5.97 Å². The molecule has 84 valence electrons. The lowest BCUT2D eigenvalue weighted by atomic mass is 10.1. The Bertz CT molecular complexity index is 542. The molecule has 2 aromatic rings. The molecule has 0 aliphatic rings. The number of hydrogen-bond acceptors (Lipinski definition) is 3. The average Bonchev–Trinajstić information content (AvgIpc) is 2.65. The van der Waals surface area contributed by atoms with Crippen molar-refractivity contribution >= 4 is 16.9 Å². The first kappa shape index (κ1) is 10.5. The second-order valence-corrected chi connectivity index (χ2v) is 3.58. The van der Waals surface area contributed by atoms with Gasteiger partial charge < -0.3 is 14.5 Å². The molecule has 0 bridgehead atoms. The first-order chi connectivity index (χ1) is 7.65. The number of ether oxygens (including phenoxy) is 2. The van der Waals surface area contributed by atoms with E-state index in [4.69, 9.17) is 9.47 Å². The van der Waals surface area contributed by atoms with Crippen molar-refractivity contribution in [3.8, 4) is 5.75 Å². The van der Waals surface area contributed by atoms with Crippen LogP contribution in [0.1, 0.15) is 16.1 Å². The molecular weight excluding hydrogens is 206 g/mol. The highest BCUT2D eigenvalue weighted by Crippen LogP contribution is 2.26. The molecule has 0 fully saturated rings. The van der Waals surface area contributed by atoms with Crippen LogP contribution in [0.25, 0.3) is 10.9 Å². The summed E-state index contributed by atoms with van der Waals surface area (Å²) in [6.07, 6.45) is 0. The zero-order valence-electron chi connectivity index (χ0n) is 9.46. The topological polar surface area (TPSA) is 51.3 Å². The number of benzene rings is 1. The van der Waals surface area contributed by atoms with Crippen LogP contribution >= 0.6 is 0 Å². The Morgan fingerprint density at radius 1 is 1.25 bits per heavy atom. The van der Waals surface area contributed by atoms with Crippen molar-refractivity contribution in [3.05, 3.63) is 29.5 Å². The van der Waals surface area contributed by atoms with E-state index >= 15 is 0 Å². The molecule has 0 aliphatic carbocycles. The van der Waals surface area contributed by atoms with Crippen LogP contribution in [0.4, 0.5) is 0 Å². The molecule has 0 aliphatic heterocycles. The van der Waals surface area contributed by atoms with E-state index in [-0.39, 0.29) is 0 Å². The van der Waals surface area contributed by atoms with E-state index in [1.165, 1.54) is 14.2 Å². The summed E-state index contributed by atoms with van der Waals surface area (Å²) < 4.78 is 9.87. The first-order valence-electron chi connectivity index (χ1n) is 4.91. The minimum absolute atomic E-state index is 0.391. The maximum absolute atomic E-state index is 11.5. The van der Waals surface area contributed by atoms with Gasteiger partial charge in [-0.15, -0.1) is 0 Å². The summed E-state index contributed by atoms with van der Waals surface area (Å²) in [5, 5.41) is 0.971. The number of carbonyl (C=O) groups excluding carboxylic acids is 1. The second-order valence-electron chi connectivity index (χ2n) is 3.58. The second kappa shape index (κ2) is 3.89. The van der Waals surface area contributed by atoms with Crippen LogP contribution in [-0.4, -0.2) is 25.2 Å². The summed E-state index contributed by atoms with van der Waals surface area (Å²) in [4.78, 5) is 14.7. The Labute approximate surface area is 93.2 Å². The van der Waals surface area contributed by atoms with E-state index in [1.807, 2.05) is 13.0 Å². The van der Waals surface area contributed by atoms with Crippen LogP contribution in [0.15, 0.2) is 18.2 Å². The van der Waals surface area contributed by atoms with Crippen LogP contribution < -0.4 is 4.74 Å². The molecule has 4 nitrogen and oxygen atoms in total. The number of H-pyrrole nitrogens is 1. The molecule has 4 heteroatoms. The molecule has 2 rings (SSSR count). The molecule has 0 atom stereocenters. The molecule has 1 aromatic heterocycles. The third-order valence-corrected chi connectivity index (χ3v) is 2.48. The molecule has 1 aromatic carbocycles. The van der Waals surface area contributed by atoms with E-state index in [2.05, 4.69) is 4.98 Å². The predicted molar refractivity (Wildman–Crippen MR) is 60.9 cm³/mol. The van der Waals surface area contributed by atoms with Crippen LogP contribution in [0, 0.1) is 6.92 Å². The normalized spacial score (nSPS) is 10.4. The van der Waals surface area contributed by atoms with Crippen molar-refractivity contribution in [2.24, 2.45) is 0 Å². The number of fused-ring (bicyclic) bond motifs is 1. The Balaban J connectivity index is 2.66. The van der Waals surface area contributed by atoms with Gasteiger partial charge in [-0.05, 0) is 19.1 Å². The summed E-state index contributed by atoms with van der Waals surface area (Å²) in [6, 6.07) is 5.54. The maximum Gasteiger partial charge on any atom is 0.341 e. The SMILES string of the molecule is COC(=O)c1cc2cc(C)[nH]c2cc1OC. The summed E-state index contributed by atoms with van der Waals surface area (Å²) in [6.45, 7) is 1.96. The Morgan fingerprint density at radius 3 is 2.62 bits per heavy atom. The lowest BCUT2D eigenvalue weighted by Crippen LogP contribution is -2.03. The van der Waals surface area contributed by atoms with Gasteiger partial charge in [-0.1, -0.05) is 0 Å². The van der Waals surface area contributed by atoms with Gasteiger partial charge in [-0.2, -0.15) is 0 Å². The van der Waals surface area contributed by atoms with Crippen molar-refractivity contribution in [2.75, 3.05) is 14.2 Å². The highest BCUT2D eigenvalue weighted by atomic mass is 16.5. The van der Waals surface area contributed by atoms with Gasteiger partial charge in [0, 0.05) is 22.7 Å². The van der Waals surface area contributed by atoms with Gasteiger partial charge in [-0.25, -0.2) is 4.79 Å². The molecular formula is C12H13NO3. The highest BCUT2D eigenvalue weighted by molar-refractivity contribution is 5.98. The standard InChI is InChI=1S/C12H13NO3/c1-7-4-8-5-9(12(14)16-3)11(15-2)6-10(8)13-7/h4-6,13H,1-3H3. The molecule has 0 unspecified atom stereocenters. The number of rotatable bonds is 2. The fourth-order valence-corrected chi connectivity index (χ4v) is 1.74. The van der Waals surface area contributed by atoms with E-state index in [0.717, 1.165) is 16.6 Å². The van der Waals surface area contributed by atoms with Crippen molar-refractivity contribution in [2.45, 2.75) is 6.92 Å². The first-order valence-corrected chi connectivity index (χ1v) is 4.91. The molecule has 16 heavy (non-hydrogen) atoms. The summed E-state index contributed by atoms with van der Waals surface area (Å²) in [5.41, 5.74) is 2.43. The highest BCUT2D eigenvalue weighted by Gasteiger charge is 2.14. The Hall–Kier alpha value is -1.97. The molecule has 1 heterocycles. The largest absolute Gasteiger partial charge is 0.496 e. The monoisotopic (exact) mass is 219 g/mol. The summed E-state index contributed by atoms with van der Waals surface area (Å²) >= 11 is 0. The van der Waals surface area contributed by atoms with Crippen LogP contribution in [0.2, 0.25) is 0 Å². The van der Waals surface area contributed by atoms with Crippen LogP contribution in [-0.2, 0) is 4.74 Å². The van der Waals surface area contributed by atoms with E-state index in [1.54, 1.807) is 12.1 Å². The van der Waals surface area contributed by atoms with Gasteiger partial charge in [0.05, 0.1) is 14.2 Å². The molecule has 0 saturated carbocycles. The zero-order chi connectivity index (χ0) is 11.7. The minimum atomic E-state index is -0.391. The number of aromatic amines is 1. The third-order valence-electron chi connectivity index (χ3n) is 2.48. The third kappa shape index (κ3) is 1.62. The number of aromatic nitrogens is 1. The van der Waals surface area contributed by atoms with E-state index in [0.29, 0.717) is 11.3 Å². The number of nitrogens with one attached hydrogen (secondary N) is 1. The number of hydrogen-bond donors (Lipinski definition) is 1. The summed E-state index contributed by atoms with van der Waals surface area (Å²) in [7, 11) is 2.89. The van der Waals surface area contributed by atoms with Gasteiger partial charge in [0.1, 0.15) is 11.3 Å². The maximum atomic E-state index is 11.5. The van der Waals surface area contributed by atoms with Gasteiger partial charge in [0.15, 0.2) is 0 Å². The van der Waals surface area contributed by atoms with Crippen LogP contribution in [0.3, 0.4) is 0 Å². The Kier molecular flexibility index (Phi) is 2.56. The van der Waals surface area contributed by atoms with Gasteiger partial charge in [0.25, 0.3) is 0 Å². The Morgan fingerprint density at radius 2 is 2.00 bits per heavy atom. The van der Waals surface area contributed by atoms with Crippen molar-refractivity contribution in [3.63, 3.8) is 0 Å². The lowest BCUT2D eigenvalue weighted by molar-refractivity contribution is 0.0597. The van der Waals surface area contributed by atoms with Crippen molar-refractivity contribution < 1.29 is 14.3 Å². The molecule has 1 N–H and O–H groups in total. The lowest BCUT2D eigenvalue weighted by Gasteiger charge is -2.06. The van der Waals surface area contributed by atoms with Gasteiger partial charge >= 0.3 is 5.97 Å². The van der Waals surface area contributed by atoms with Crippen molar-refractivity contribution in [1.29, 1.82) is 0 Å². The van der Waals surface area contributed by atoms with Crippen molar-refractivity contribution in [1.82, 2.24) is 4.98 Å². The minimum Gasteiger partial charge on any atom is -0.496 e. The summed E-state index contributed by atoms with van der Waals surface area (Å²) in [5.74, 6) is 0.124. The number of esters is 1. The van der Waals surface area contributed by atoms with Gasteiger partial charge in [-0.3, -0.25) is 0 Å². The number of carbonyl (C=O) groups is 1. The number of methoxy groups -OCH3 is 2. The zero-order valence-corrected chi connectivity index (χ0v) is 9.46. The molecule has 0 amide bonds. The fraction of sp³-hybridized carbons (Fsp3) is 0.250. The predicted octanol–water partition coefficient (Wildman–Crippen LogP) is 2.27. The van der Waals surface area contributed by atoms with E-state index in [9.17, 15) is 4.79 Å². The van der Waals surface area contributed by atoms with Crippen LogP contribution in [0.5, 0.6) is 5.75 Å². The molecule has 0 saturated heterocycles.